The monoisotopic (exact) mass is 447 g/mol. The lowest BCUT2D eigenvalue weighted by atomic mass is 9.77. The molecule has 1 aromatic carbocycles. The van der Waals surface area contributed by atoms with E-state index >= 15 is 0 Å². The topological polar surface area (TPSA) is 73.9 Å². The molecule has 2 fully saturated rings. The van der Waals surface area contributed by atoms with Crippen LogP contribution in [0.15, 0.2) is 17.9 Å². The number of amides is 1. The zero-order valence-corrected chi connectivity index (χ0v) is 19.6. The molecule has 1 saturated heterocycles. The zero-order chi connectivity index (χ0) is 22.6. The van der Waals surface area contributed by atoms with E-state index in [1.165, 1.54) is 0 Å². The van der Waals surface area contributed by atoms with Gasteiger partial charge in [0.2, 0.25) is 0 Å². The van der Waals surface area contributed by atoms with Gasteiger partial charge in [-0.05, 0) is 76.3 Å². The number of halogens is 1. The third-order valence-corrected chi connectivity index (χ3v) is 6.69. The molecule has 0 aromatic heterocycles. The number of hydrogen-bond donors (Lipinski definition) is 1. The SMILES string of the molecule is Cc1cc(Cl)cc(C)c1C1=C(OC(=O)C(C)(C)C)C2(CCC3(CC2)OCCO3)NC1=O. The fourth-order valence-electron chi connectivity index (χ4n) is 4.80. The van der Waals surface area contributed by atoms with Crippen LogP contribution in [-0.4, -0.2) is 36.4 Å². The van der Waals surface area contributed by atoms with Gasteiger partial charge in [-0.25, -0.2) is 0 Å². The Balaban J connectivity index is 1.82. The van der Waals surface area contributed by atoms with E-state index in [0.29, 0.717) is 55.3 Å². The minimum atomic E-state index is -0.758. The van der Waals surface area contributed by atoms with Gasteiger partial charge in [0, 0.05) is 17.9 Å². The van der Waals surface area contributed by atoms with Gasteiger partial charge in [-0.2, -0.15) is 0 Å². The van der Waals surface area contributed by atoms with Crippen LogP contribution in [0.1, 0.15) is 63.1 Å². The van der Waals surface area contributed by atoms with E-state index in [1.807, 2.05) is 26.0 Å². The molecule has 0 bridgehead atoms. The summed E-state index contributed by atoms with van der Waals surface area (Å²) in [5.41, 5.74) is 1.46. The molecule has 1 N–H and O–H groups in total. The van der Waals surface area contributed by atoms with Crippen LogP contribution >= 0.6 is 11.6 Å². The Morgan fingerprint density at radius 1 is 1.06 bits per heavy atom. The molecule has 2 aliphatic heterocycles. The summed E-state index contributed by atoms with van der Waals surface area (Å²) in [4.78, 5) is 26.3. The van der Waals surface area contributed by atoms with E-state index in [1.54, 1.807) is 20.8 Å². The predicted molar refractivity (Wildman–Crippen MR) is 117 cm³/mol. The maximum atomic E-state index is 13.3. The van der Waals surface area contributed by atoms with Gasteiger partial charge in [-0.3, -0.25) is 9.59 Å². The number of hydrogen-bond acceptors (Lipinski definition) is 5. The highest BCUT2D eigenvalue weighted by Gasteiger charge is 2.55. The van der Waals surface area contributed by atoms with E-state index in [2.05, 4.69) is 5.32 Å². The lowest BCUT2D eigenvalue weighted by Crippen LogP contribution is -2.52. The van der Waals surface area contributed by atoms with Crippen molar-refractivity contribution in [1.82, 2.24) is 5.32 Å². The van der Waals surface area contributed by atoms with Crippen molar-refractivity contribution in [3.63, 3.8) is 0 Å². The summed E-state index contributed by atoms with van der Waals surface area (Å²) < 4.78 is 17.8. The van der Waals surface area contributed by atoms with Crippen molar-refractivity contribution in [3.05, 3.63) is 39.6 Å². The molecule has 0 atom stereocenters. The third-order valence-electron chi connectivity index (χ3n) is 6.48. The fraction of sp³-hybridized carbons (Fsp3) is 0.583. The molecule has 168 valence electrons. The number of carbonyl (C=O) groups is 2. The van der Waals surface area contributed by atoms with Gasteiger partial charge >= 0.3 is 5.97 Å². The van der Waals surface area contributed by atoms with Crippen molar-refractivity contribution in [1.29, 1.82) is 0 Å². The van der Waals surface area contributed by atoms with Gasteiger partial charge in [0.25, 0.3) is 5.91 Å². The molecule has 1 saturated carbocycles. The van der Waals surface area contributed by atoms with Gasteiger partial charge in [-0.15, -0.1) is 0 Å². The minimum Gasteiger partial charge on any atom is -0.427 e. The molecule has 2 spiro atoms. The Hall–Kier alpha value is -1.89. The summed E-state index contributed by atoms with van der Waals surface area (Å²) >= 11 is 6.23. The largest absolute Gasteiger partial charge is 0.427 e. The van der Waals surface area contributed by atoms with Gasteiger partial charge in [0.1, 0.15) is 5.76 Å². The van der Waals surface area contributed by atoms with Crippen molar-refractivity contribution in [2.24, 2.45) is 5.41 Å². The molecule has 0 unspecified atom stereocenters. The standard InChI is InChI=1S/C24H30ClNO5/c1-14-12-16(25)13-15(2)17(14)18-19(31-21(28)22(3,4)5)23(26-20(18)27)6-8-24(9-7-23)29-10-11-30-24/h12-13H,6-11H2,1-5H3,(H,26,27). The predicted octanol–water partition coefficient (Wildman–Crippen LogP) is 4.44. The molecule has 7 heteroatoms. The number of esters is 1. The third kappa shape index (κ3) is 3.90. The normalized spacial score (nSPS) is 22.3. The first kappa shape index (κ1) is 22.3. The smallest absolute Gasteiger partial charge is 0.316 e. The maximum absolute atomic E-state index is 13.3. The zero-order valence-electron chi connectivity index (χ0n) is 18.8. The fourth-order valence-corrected chi connectivity index (χ4v) is 5.13. The van der Waals surface area contributed by atoms with Crippen molar-refractivity contribution < 1.29 is 23.8 Å². The average molecular weight is 448 g/mol. The Morgan fingerprint density at radius 2 is 1.61 bits per heavy atom. The molecule has 2 heterocycles. The summed E-state index contributed by atoms with van der Waals surface area (Å²) in [6.45, 7) is 10.4. The van der Waals surface area contributed by atoms with Crippen LogP contribution < -0.4 is 5.32 Å². The van der Waals surface area contributed by atoms with Crippen LogP contribution in [0.25, 0.3) is 5.57 Å². The van der Waals surface area contributed by atoms with Gasteiger partial charge in [0.05, 0.1) is 29.7 Å². The number of rotatable bonds is 2. The molecule has 6 nitrogen and oxygen atoms in total. The summed E-state index contributed by atoms with van der Waals surface area (Å²) in [7, 11) is 0. The molecule has 1 aliphatic carbocycles. The second-order valence-electron chi connectivity index (χ2n) is 9.90. The molecule has 1 aromatic rings. The second kappa shape index (κ2) is 7.61. The average Bonchev–Trinajstić information content (AvgIpc) is 3.21. The van der Waals surface area contributed by atoms with E-state index in [-0.39, 0.29) is 11.9 Å². The molecule has 31 heavy (non-hydrogen) atoms. The molecule has 0 radical (unpaired) electrons. The van der Waals surface area contributed by atoms with Crippen LogP contribution in [0.4, 0.5) is 0 Å². The van der Waals surface area contributed by atoms with Gasteiger partial charge < -0.3 is 19.5 Å². The summed E-state index contributed by atoms with van der Waals surface area (Å²) in [5, 5.41) is 3.77. The first-order valence-electron chi connectivity index (χ1n) is 10.8. The quantitative estimate of drug-likeness (QED) is 0.678. The summed E-state index contributed by atoms with van der Waals surface area (Å²) in [6, 6.07) is 3.66. The molecular weight excluding hydrogens is 418 g/mol. The van der Waals surface area contributed by atoms with Crippen LogP contribution in [-0.2, 0) is 23.8 Å². The van der Waals surface area contributed by atoms with Crippen LogP contribution in [0.3, 0.4) is 0 Å². The van der Waals surface area contributed by atoms with Crippen molar-refractivity contribution >= 4 is 29.1 Å². The van der Waals surface area contributed by atoms with Crippen LogP contribution in [0.2, 0.25) is 5.02 Å². The number of carbonyl (C=O) groups excluding carboxylic acids is 2. The van der Waals surface area contributed by atoms with Crippen molar-refractivity contribution in [2.45, 2.75) is 71.6 Å². The Morgan fingerprint density at radius 3 is 2.13 bits per heavy atom. The highest BCUT2D eigenvalue weighted by atomic mass is 35.5. The van der Waals surface area contributed by atoms with Crippen molar-refractivity contribution in [3.8, 4) is 0 Å². The lowest BCUT2D eigenvalue weighted by Gasteiger charge is -2.42. The van der Waals surface area contributed by atoms with E-state index in [0.717, 1.165) is 16.7 Å². The summed E-state index contributed by atoms with van der Waals surface area (Å²) in [6.07, 6.45) is 2.38. The molecular formula is C24H30ClNO5. The Labute approximate surface area is 188 Å². The van der Waals surface area contributed by atoms with Gasteiger partial charge in [0.15, 0.2) is 5.79 Å². The Bertz CT molecular complexity index is 936. The molecule has 1 amide bonds. The van der Waals surface area contributed by atoms with Crippen LogP contribution in [0, 0.1) is 19.3 Å². The highest BCUT2D eigenvalue weighted by molar-refractivity contribution is 6.31. The number of aryl methyl sites for hydroxylation is 2. The van der Waals surface area contributed by atoms with Gasteiger partial charge in [-0.1, -0.05) is 11.6 Å². The number of nitrogens with one attached hydrogen (secondary N) is 1. The lowest BCUT2D eigenvalue weighted by molar-refractivity contribution is -0.186. The first-order chi connectivity index (χ1) is 14.5. The second-order valence-corrected chi connectivity index (χ2v) is 10.3. The van der Waals surface area contributed by atoms with E-state index in [4.69, 9.17) is 25.8 Å². The maximum Gasteiger partial charge on any atom is 0.316 e. The van der Waals surface area contributed by atoms with Crippen molar-refractivity contribution in [2.75, 3.05) is 13.2 Å². The van der Waals surface area contributed by atoms with E-state index in [9.17, 15) is 9.59 Å². The molecule has 4 rings (SSSR count). The van der Waals surface area contributed by atoms with E-state index < -0.39 is 16.7 Å². The first-order valence-corrected chi connectivity index (χ1v) is 11.2. The minimum absolute atomic E-state index is 0.227. The van der Waals surface area contributed by atoms with Crippen LogP contribution in [0.5, 0.6) is 0 Å². The summed E-state index contributed by atoms with van der Waals surface area (Å²) in [5.74, 6) is -0.772. The molecule has 3 aliphatic rings. The Kier molecular flexibility index (Phi) is 5.48. The number of ether oxygens (including phenoxy) is 3. The highest BCUT2D eigenvalue weighted by Crippen LogP contribution is 2.49. The number of benzene rings is 1.